The van der Waals surface area contributed by atoms with Crippen LogP contribution < -0.4 is 10.6 Å². The molecule has 0 radical (unpaired) electrons. The van der Waals surface area contributed by atoms with Crippen molar-refractivity contribution in [3.63, 3.8) is 0 Å². The van der Waals surface area contributed by atoms with Crippen LogP contribution in [0.4, 0.5) is 11.5 Å². The number of amides is 2. The zero-order valence-corrected chi connectivity index (χ0v) is 17.7. The van der Waals surface area contributed by atoms with Gasteiger partial charge in [0.25, 0.3) is 5.91 Å². The van der Waals surface area contributed by atoms with Crippen LogP contribution in [0.5, 0.6) is 0 Å². The Morgan fingerprint density at radius 1 is 1.14 bits per heavy atom. The van der Waals surface area contributed by atoms with E-state index in [9.17, 15) is 9.59 Å². The van der Waals surface area contributed by atoms with E-state index in [1.807, 2.05) is 0 Å². The molecule has 0 aromatic carbocycles. The molecule has 3 heterocycles. The van der Waals surface area contributed by atoms with Crippen LogP contribution in [-0.2, 0) is 4.79 Å². The van der Waals surface area contributed by atoms with Gasteiger partial charge in [0.1, 0.15) is 5.82 Å². The number of hydrogen-bond acceptors (Lipinski definition) is 5. The molecule has 2 amide bonds. The van der Waals surface area contributed by atoms with E-state index >= 15 is 0 Å². The molecule has 1 aliphatic heterocycles. The Bertz CT molecular complexity index is 877. The van der Waals surface area contributed by atoms with E-state index in [0.717, 1.165) is 25.9 Å². The van der Waals surface area contributed by atoms with E-state index in [1.54, 1.807) is 31.2 Å². The Hall–Kier alpha value is -2.51. The van der Waals surface area contributed by atoms with E-state index in [0.29, 0.717) is 28.3 Å². The van der Waals surface area contributed by atoms with Crippen molar-refractivity contribution in [2.75, 3.05) is 23.7 Å². The SMILES string of the molecule is Cc1ccc(NC(=O)C2CCN(C(C)C)CC2)c(C(=O)Nc2ccc(Cl)cn2)n1. The summed E-state index contributed by atoms with van der Waals surface area (Å²) in [7, 11) is 0. The highest BCUT2D eigenvalue weighted by Gasteiger charge is 2.27. The topological polar surface area (TPSA) is 87.2 Å². The van der Waals surface area contributed by atoms with Crippen molar-refractivity contribution < 1.29 is 9.59 Å². The summed E-state index contributed by atoms with van der Waals surface area (Å²) >= 11 is 5.83. The van der Waals surface area contributed by atoms with Crippen molar-refractivity contribution in [3.8, 4) is 0 Å². The van der Waals surface area contributed by atoms with Gasteiger partial charge in [0.15, 0.2) is 5.69 Å². The predicted octanol–water partition coefficient (Wildman–Crippen LogP) is 3.75. The van der Waals surface area contributed by atoms with Crippen molar-refractivity contribution >= 4 is 34.9 Å². The number of piperidine rings is 1. The number of aromatic nitrogens is 2. The third kappa shape index (κ3) is 5.52. The highest BCUT2D eigenvalue weighted by Crippen LogP contribution is 2.23. The van der Waals surface area contributed by atoms with Gasteiger partial charge in [0.2, 0.25) is 5.91 Å². The number of nitrogens with zero attached hydrogens (tertiary/aromatic N) is 3. The van der Waals surface area contributed by atoms with Crippen LogP contribution in [0.25, 0.3) is 0 Å². The molecule has 0 aliphatic carbocycles. The maximum atomic E-state index is 12.8. The van der Waals surface area contributed by atoms with Gasteiger partial charge in [0, 0.05) is 23.9 Å². The van der Waals surface area contributed by atoms with Gasteiger partial charge in [-0.05, 0) is 71.0 Å². The Balaban J connectivity index is 1.70. The normalized spacial score (nSPS) is 15.3. The lowest BCUT2D eigenvalue weighted by molar-refractivity contribution is -0.121. The van der Waals surface area contributed by atoms with Gasteiger partial charge < -0.3 is 15.5 Å². The summed E-state index contributed by atoms with van der Waals surface area (Å²) in [5, 5.41) is 6.08. The number of carbonyl (C=O) groups is 2. The molecule has 2 aromatic rings. The molecule has 8 heteroatoms. The van der Waals surface area contributed by atoms with Crippen LogP contribution in [0.1, 0.15) is 42.9 Å². The highest BCUT2D eigenvalue weighted by molar-refractivity contribution is 6.30. The van der Waals surface area contributed by atoms with Gasteiger partial charge in [-0.3, -0.25) is 9.59 Å². The average molecular weight is 416 g/mol. The Morgan fingerprint density at radius 2 is 1.86 bits per heavy atom. The number of likely N-dealkylation sites (tertiary alicyclic amines) is 1. The molecule has 1 saturated heterocycles. The largest absolute Gasteiger partial charge is 0.324 e. The monoisotopic (exact) mass is 415 g/mol. The Morgan fingerprint density at radius 3 is 2.48 bits per heavy atom. The summed E-state index contributed by atoms with van der Waals surface area (Å²) in [5.74, 6) is -0.215. The van der Waals surface area contributed by atoms with Gasteiger partial charge in [-0.1, -0.05) is 11.6 Å². The fraction of sp³-hybridized carbons (Fsp3) is 0.429. The van der Waals surface area contributed by atoms with Crippen LogP contribution in [0.3, 0.4) is 0 Å². The second-order valence-electron chi connectivity index (χ2n) is 7.56. The quantitative estimate of drug-likeness (QED) is 0.776. The van der Waals surface area contributed by atoms with E-state index in [-0.39, 0.29) is 17.5 Å². The highest BCUT2D eigenvalue weighted by atomic mass is 35.5. The molecule has 154 valence electrons. The van der Waals surface area contributed by atoms with Gasteiger partial charge >= 0.3 is 0 Å². The summed E-state index contributed by atoms with van der Waals surface area (Å²) in [6.45, 7) is 7.93. The second-order valence-corrected chi connectivity index (χ2v) is 7.99. The molecule has 0 atom stereocenters. The maximum absolute atomic E-state index is 12.8. The molecule has 2 N–H and O–H groups in total. The van der Waals surface area contributed by atoms with Crippen LogP contribution in [0.15, 0.2) is 30.5 Å². The van der Waals surface area contributed by atoms with Crippen LogP contribution in [0, 0.1) is 12.8 Å². The number of hydrogen-bond donors (Lipinski definition) is 2. The van der Waals surface area contributed by atoms with E-state index < -0.39 is 5.91 Å². The first-order valence-electron chi connectivity index (χ1n) is 9.79. The summed E-state index contributed by atoms with van der Waals surface area (Å²) in [6.07, 6.45) is 3.06. The summed E-state index contributed by atoms with van der Waals surface area (Å²) in [5.41, 5.74) is 1.25. The van der Waals surface area contributed by atoms with Crippen molar-refractivity contribution in [2.24, 2.45) is 5.92 Å². The predicted molar refractivity (Wildman–Crippen MR) is 114 cm³/mol. The third-order valence-electron chi connectivity index (χ3n) is 5.11. The molecule has 29 heavy (non-hydrogen) atoms. The van der Waals surface area contributed by atoms with Gasteiger partial charge in [0.05, 0.1) is 10.7 Å². The number of carbonyl (C=O) groups excluding carboxylic acids is 2. The standard InChI is InChI=1S/C21H26ClN5O2/c1-13(2)27-10-8-15(9-11-27)20(28)25-17-6-4-14(3)24-19(17)21(29)26-18-7-5-16(22)12-23-18/h4-7,12-13,15H,8-11H2,1-3H3,(H,25,28)(H,23,26,29). The molecule has 0 saturated carbocycles. The summed E-state index contributed by atoms with van der Waals surface area (Å²) < 4.78 is 0. The first-order chi connectivity index (χ1) is 13.8. The molecule has 1 fully saturated rings. The van der Waals surface area contributed by atoms with Gasteiger partial charge in [-0.2, -0.15) is 0 Å². The van der Waals surface area contributed by atoms with Gasteiger partial charge in [-0.25, -0.2) is 9.97 Å². The van der Waals surface area contributed by atoms with Gasteiger partial charge in [-0.15, -0.1) is 0 Å². The molecule has 0 spiro atoms. The van der Waals surface area contributed by atoms with Crippen molar-refractivity contribution in [1.82, 2.24) is 14.9 Å². The average Bonchev–Trinajstić information content (AvgIpc) is 2.71. The van der Waals surface area contributed by atoms with Crippen LogP contribution in [-0.4, -0.2) is 45.8 Å². The lowest BCUT2D eigenvalue weighted by Crippen LogP contribution is -2.41. The molecule has 0 unspecified atom stereocenters. The fourth-order valence-electron chi connectivity index (χ4n) is 3.37. The minimum atomic E-state index is -0.437. The Kier molecular flexibility index (Phi) is 6.82. The lowest BCUT2D eigenvalue weighted by atomic mass is 9.95. The minimum Gasteiger partial charge on any atom is -0.324 e. The Labute approximate surface area is 175 Å². The van der Waals surface area contributed by atoms with E-state index in [2.05, 4.69) is 39.3 Å². The molecule has 1 aliphatic rings. The van der Waals surface area contributed by atoms with Crippen molar-refractivity contribution in [1.29, 1.82) is 0 Å². The molecule has 0 bridgehead atoms. The van der Waals surface area contributed by atoms with Crippen molar-refractivity contribution in [2.45, 2.75) is 39.7 Å². The molecule has 7 nitrogen and oxygen atoms in total. The number of aryl methyl sites for hydroxylation is 1. The maximum Gasteiger partial charge on any atom is 0.277 e. The van der Waals surface area contributed by atoms with Crippen LogP contribution >= 0.6 is 11.6 Å². The number of nitrogens with one attached hydrogen (secondary N) is 2. The zero-order valence-electron chi connectivity index (χ0n) is 16.9. The van der Waals surface area contributed by atoms with Crippen LogP contribution in [0.2, 0.25) is 5.02 Å². The zero-order chi connectivity index (χ0) is 21.0. The molecule has 2 aromatic heterocycles. The van der Waals surface area contributed by atoms with Crippen molar-refractivity contribution in [3.05, 3.63) is 46.9 Å². The van der Waals surface area contributed by atoms with E-state index in [4.69, 9.17) is 11.6 Å². The first kappa shape index (κ1) is 21.2. The molecular weight excluding hydrogens is 390 g/mol. The molecule has 3 rings (SSSR count). The number of rotatable bonds is 5. The smallest absolute Gasteiger partial charge is 0.277 e. The second kappa shape index (κ2) is 9.33. The summed E-state index contributed by atoms with van der Waals surface area (Å²) in [4.78, 5) is 36.3. The third-order valence-corrected chi connectivity index (χ3v) is 5.33. The van der Waals surface area contributed by atoms with E-state index in [1.165, 1.54) is 6.20 Å². The summed E-state index contributed by atoms with van der Waals surface area (Å²) in [6, 6.07) is 7.22. The first-order valence-corrected chi connectivity index (χ1v) is 10.2. The number of halogens is 1. The number of pyridine rings is 2. The minimum absolute atomic E-state index is 0.0693. The number of anilines is 2. The lowest BCUT2D eigenvalue weighted by Gasteiger charge is -2.34. The molecular formula is C21H26ClN5O2. The fourth-order valence-corrected chi connectivity index (χ4v) is 3.48.